The molecule has 100 valence electrons. The topological polar surface area (TPSA) is 89.9 Å². The van der Waals surface area contributed by atoms with Crippen LogP contribution in [-0.4, -0.2) is 16.7 Å². The predicted molar refractivity (Wildman–Crippen MR) is 74.8 cm³/mol. The zero-order chi connectivity index (χ0) is 14.0. The van der Waals surface area contributed by atoms with Gasteiger partial charge in [-0.2, -0.15) is 0 Å². The fraction of sp³-hybridized carbons (Fsp3) is 0.333. The van der Waals surface area contributed by atoms with Gasteiger partial charge in [0.05, 0.1) is 4.70 Å². The summed E-state index contributed by atoms with van der Waals surface area (Å²) in [7, 11) is 0. The van der Waals surface area contributed by atoms with Crippen LogP contribution in [0.5, 0.6) is 0 Å². The van der Waals surface area contributed by atoms with Gasteiger partial charge in [-0.15, -0.1) is 5.11 Å². The minimum absolute atomic E-state index is 0.454. The van der Waals surface area contributed by atoms with Crippen LogP contribution < -0.4 is 5.73 Å². The van der Waals surface area contributed by atoms with E-state index in [9.17, 15) is 4.79 Å². The highest BCUT2D eigenvalue weighted by Crippen LogP contribution is 2.31. The average molecular weight is 278 g/mol. The van der Waals surface area contributed by atoms with Crippen molar-refractivity contribution in [2.24, 2.45) is 10.2 Å². The molecule has 0 saturated heterocycles. The van der Waals surface area contributed by atoms with Gasteiger partial charge in [0.25, 0.3) is 0 Å². The van der Waals surface area contributed by atoms with Gasteiger partial charge < -0.3 is 10.5 Å². The molecule has 0 saturated carbocycles. The van der Waals surface area contributed by atoms with Crippen LogP contribution in [0.3, 0.4) is 0 Å². The van der Waals surface area contributed by atoms with E-state index in [1.165, 1.54) is 11.3 Å². The molecule has 2 aromatic rings. The molecule has 1 aromatic heterocycles. The first-order chi connectivity index (χ1) is 8.85. The highest BCUT2D eigenvalue weighted by molar-refractivity contribution is 7.22. The molecule has 2 N–H and O–H groups in total. The molecule has 0 spiro atoms. The Morgan fingerprint density at radius 2 is 2.16 bits per heavy atom. The first kappa shape index (κ1) is 13.4. The van der Waals surface area contributed by atoms with Gasteiger partial charge in [-0.25, -0.2) is 9.78 Å². The molecule has 0 aliphatic heterocycles. The standard InChI is InChI=1S/C12H14N4O2S/c1-12(2,3)18-11(17)16-15-7-5-4-6-8-9(7)14-10(13)19-8/h4-6H,1-3H3,(H2,13,14). The third-order valence-electron chi connectivity index (χ3n) is 2.05. The van der Waals surface area contributed by atoms with E-state index in [1.54, 1.807) is 26.8 Å². The predicted octanol–water partition coefficient (Wildman–Crippen LogP) is 3.90. The SMILES string of the molecule is CC(C)(C)OC(=O)N=Nc1cccc2sc(N)nc12. The van der Waals surface area contributed by atoms with E-state index < -0.39 is 11.7 Å². The smallest absolute Gasteiger partial charge is 0.441 e. The number of aromatic nitrogens is 1. The fourth-order valence-corrected chi connectivity index (χ4v) is 2.16. The summed E-state index contributed by atoms with van der Waals surface area (Å²) in [6.45, 7) is 5.30. The highest BCUT2D eigenvalue weighted by Gasteiger charge is 2.15. The van der Waals surface area contributed by atoms with Crippen molar-refractivity contribution >= 4 is 38.5 Å². The number of anilines is 1. The van der Waals surface area contributed by atoms with E-state index in [0.717, 1.165) is 4.70 Å². The summed E-state index contributed by atoms with van der Waals surface area (Å²) >= 11 is 1.36. The number of nitrogens with two attached hydrogens (primary N) is 1. The molecular weight excluding hydrogens is 264 g/mol. The molecule has 1 heterocycles. The summed E-state index contributed by atoms with van der Waals surface area (Å²) < 4.78 is 5.94. The molecule has 0 fully saturated rings. The number of carbonyl (C=O) groups is 1. The number of fused-ring (bicyclic) bond motifs is 1. The van der Waals surface area contributed by atoms with Crippen molar-refractivity contribution in [2.45, 2.75) is 26.4 Å². The van der Waals surface area contributed by atoms with Crippen LogP contribution in [0.1, 0.15) is 20.8 Å². The molecule has 6 nitrogen and oxygen atoms in total. The maximum atomic E-state index is 11.4. The Morgan fingerprint density at radius 1 is 1.42 bits per heavy atom. The summed E-state index contributed by atoms with van der Waals surface area (Å²) in [6, 6.07) is 5.41. The minimum Gasteiger partial charge on any atom is -0.441 e. The Bertz CT molecular complexity index is 643. The largest absolute Gasteiger partial charge is 0.452 e. The Labute approximate surface area is 114 Å². The lowest BCUT2D eigenvalue weighted by atomic mass is 10.2. The number of para-hydroxylation sites is 1. The molecule has 7 heteroatoms. The van der Waals surface area contributed by atoms with Gasteiger partial charge in [-0.05, 0) is 32.9 Å². The molecule has 1 amide bonds. The van der Waals surface area contributed by atoms with Crippen LogP contribution in [0.4, 0.5) is 15.6 Å². The second-order valence-electron chi connectivity index (χ2n) is 4.86. The van der Waals surface area contributed by atoms with Crippen LogP contribution in [0.2, 0.25) is 0 Å². The van der Waals surface area contributed by atoms with Gasteiger partial charge in [0.2, 0.25) is 0 Å². The van der Waals surface area contributed by atoms with E-state index in [0.29, 0.717) is 16.3 Å². The van der Waals surface area contributed by atoms with Gasteiger partial charge in [0.1, 0.15) is 16.8 Å². The first-order valence-corrected chi connectivity index (χ1v) is 6.46. The molecular formula is C12H14N4O2S. The van der Waals surface area contributed by atoms with Crippen molar-refractivity contribution in [3.63, 3.8) is 0 Å². The molecule has 2 rings (SSSR count). The van der Waals surface area contributed by atoms with Gasteiger partial charge in [-0.3, -0.25) is 0 Å². The van der Waals surface area contributed by atoms with Gasteiger partial charge in [0, 0.05) is 0 Å². The van der Waals surface area contributed by atoms with Crippen LogP contribution in [0.25, 0.3) is 10.2 Å². The normalized spacial score (nSPS) is 12.2. The summed E-state index contributed by atoms with van der Waals surface area (Å²) in [5.74, 6) is 0. The first-order valence-electron chi connectivity index (χ1n) is 5.65. The fourth-order valence-electron chi connectivity index (χ4n) is 1.41. The van der Waals surface area contributed by atoms with E-state index in [1.807, 2.05) is 12.1 Å². The van der Waals surface area contributed by atoms with Crippen molar-refractivity contribution in [3.8, 4) is 0 Å². The second-order valence-corrected chi connectivity index (χ2v) is 5.92. The summed E-state index contributed by atoms with van der Waals surface area (Å²) in [6.07, 6.45) is -0.729. The Morgan fingerprint density at radius 3 is 2.84 bits per heavy atom. The number of thiazole rings is 1. The van der Waals surface area contributed by atoms with Crippen molar-refractivity contribution in [1.29, 1.82) is 0 Å². The Hall–Kier alpha value is -2.02. The average Bonchev–Trinajstić information content (AvgIpc) is 2.64. The summed E-state index contributed by atoms with van der Waals surface area (Å²) in [4.78, 5) is 15.6. The number of carbonyl (C=O) groups excluding carboxylic acids is 1. The number of rotatable bonds is 1. The quantitative estimate of drug-likeness (QED) is 0.801. The molecule has 0 aliphatic carbocycles. The molecule has 0 atom stereocenters. The molecule has 0 aliphatic rings. The molecule has 19 heavy (non-hydrogen) atoms. The molecule has 0 unspecified atom stereocenters. The monoisotopic (exact) mass is 278 g/mol. The number of nitrogen functional groups attached to an aromatic ring is 1. The maximum absolute atomic E-state index is 11.4. The lowest BCUT2D eigenvalue weighted by molar-refractivity contribution is 0.0592. The lowest BCUT2D eigenvalue weighted by Gasteiger charge is -2.16. The third-order valence-corrected chi connectivity index (χ3v) is 2.90. The molecule has 1 aromatic carbocycles. The number of hydrogen-bond donors (Lipinski definition) is 1. The van der Waals surface area contributed by atoms with E-state index in [2.05, 4.69) is 15.2 Å². The van der Waals surface area contributed by atoms with Crippen LogP contribution >= 0.6 is 11.3 Å². The Kier molecular flexibility index (Phi) is 3.48. The van der Waals surface area contributed by atoms with Crippen molar-refractivity contribution in [3.05, 3.63) is 18.2 Å². The van der Waals surface area contributed by atoms with Crippen molar-refractivity contribution in [1.82, 2.24) is 4.98 Å². The number of benzene rings is 1. The number of nitrogens with zero attached hydrogens (tertiary/aromatic N) is 3. The Balaban J connectivity index is 2.24. The molecule has 0 bridgehead atoms. The van der Waals surface area contributed by atoms with Crippen LogP contribution in [0, 0.1) is 0 Å². The minimum atomic E-state index is -0.729. The number of azo groups is 1. The zero-order valence-electron chi connectivity index (χ0n) is 10.9. The van der Waals surface area contributed by atoms with Crippen LogP contribution in [0.15, 0.2) is 28.4 Å². The zero-order valence-corrected chi connectivity index (χ0v) is 11.7. The second kappa shape index (κ2) is 4.93. The van der Waals surface area contributed by atoms with Crippen LogP contribution in [-0.2, 0) is 4.74 Å². The number of hydrogen-bond acceptors (Lipinski definition) is 6. The van der Waals surface area contributed by atoms with E-state index in [-0.39, 0.29) is 0 Å². The van der Waals surface area contributed by atoms with Gasteiger partial charge in [0.15, 0.2) is 5.13 Å². The van der Waals surface area contributed by atoms with E-state index in [4.69, 9.17) is 10.5 Å². The summed E-state index contributed by atoms with van der Waals surface area (Å²) in [5, 5.41) is 7.85. The van der Waals surface area contributed by atoms with E-state index >= 15 is 0 Å². The molecule has 0 radical (unpaired) electrons. The summed E-state index contributed by atoms with van der Waals surface area (Å²) in [5.41, 5.74) is 6.19. The highest BCUT2D eigenvalue weighted by atomic mass is 32.1. The van der Waals surface area contributed by atoms with Gasteiger partial charge in [-0.1, -0.05) is 22.5 Å². The van der Waals surface area contributed by atoms with Gasteiger partial charge >= 0.3 is 6.09 Å². The lowest BCUT2D eigenvalue weighted by Crippen LogP contribution is -2.21. The van der Waals surface area contributed by atoms with Crippen molar-refractivity contribution < 1.29 is 9.53 Å². The third kappa shape index (κ3) is 3.47. The van der Waals surface area contributed by atoms with Crippen molar-refractivity contribution in [2.75, 3.05) is 5.73 Å². The number of ether oxygens (including phenoxy) is 1. The maximum Gasteiger partial charge on any atom is 0.452 e. The number of amides is 1.